The molecule has 2 aromatic carbocycles. The fraction of sp³-hybridized carbons (Fsp3) is 0.381. The van der Waals surface area contributed by atoms with E-state index in [2.05, 4.69) is 15.2 Å². The van der Waals surface area contributed by atoms with E-state index in [0.717, 1.165) is 37.2 Å². The van der Waals surface area contributed by atoms with E-state index in [4.69, 9.17) is 34.8 Å². The van der Waals surface area contributed by atoms with Gasteiger partial charge in [-0.2, -0.15) is 0 Å². The van der Waals surface area contributed by atoms with Crippen LogP contribution >= 0.6 is 46.6 Å². The molecule has 2 bridgehead atoms. The van der Waals surface area contributed by atoms with Crippen molar-refractivity contribution in [3.63, 3.8) is 0 Å². The zero-order valence-electron chi connectivity index (χ0n) is 16.9. The highest BCUT2D eigenvalue weighted by Gasteiger charge is 2.46. The third-order valence-corrected chi connectivity index (χ3v) is 9.53. The molecule has 0 radical (unpaired) electrons. The van der Waals surface area contributed by atoms with E-state index in [9.17, 15) is 13.2 Å². The zero-order valence-corrected chi connectivity index (χ0v) is 20.8. The van der Waals surface area contributed by atoms with Gasteiger partial charge in [-0.05, 0) is 67.7 Å². The van der Waals surface area contributed by atoms with Crippen LogP contribution in [0.4, 0.5) is 0 Å². The van der Waals surface area contributed by atoms with Crippen LogP contribution in [0.2, 0.25) is 15.1 Å². The lowest BCUT2D eigenvalue weighted by Gasteiger charge is -2.49. The topological polar surface area (TPSA) is 78.5 Å². The molecule has 3 fully saturated rings. The predicted octanol–water partition coefficient (Wildman–Crippen LogP) is 4.56. The molecule has 172 valence electrons. The number of benzene rings is 2. The first kappa shape index (κ1) is 24.1. The molecule has 3 aliphatic heterocycles. The summed E-state index contributed by atoms with van der Waals surface area (Å²) in [6, 6.07) is 11.7. The number of amides is 1. The number of hydrogen-bond acceptors (Lipinski definition) is 5. The van der Waals surface area contributed by atoms with E-state index in [1.54, 1.807) is 11.8 Å². The summed E-state index contributed by atoms with van der Waals surface area (Å²) in [5.41, 5.74) is 3.55. The van der Waals surface area contributed by atoms with E-state index in [-0.39, 0.29) is 33.0 Å². The van der Waals surface area contributed by atoms with Crippen LogP contribution in [0.5, 0.6) is 0 Å². The Labute approximate surface area is 207 Å². The van der Waals surface area contributed by atoms with Gasteiger partial charge in [0.15, 0.2) is 0 Å². The quantitative estimate of drug-likeness (QED) is 0.509. The number of carbonyl (C=O) groups excluding carboxylic acids is 1. The van der Waals surface area contributed by atoms with E-state index >= 15 is 0 Å². The molecule has 2 aromatic rings. The van der Waals surface area contributed by atoms with Crippen molar-refractivity contribution in [3.8, 4) is 0 Å². The number of hydrazine groups is 1. The number of nitrogens with zero attached hydrogens (tertiary/aromatic N) is 1. The number of piperidine rings is 3. The molecular formula is C21H22Cl3N3O3S2. The largest absolute Gasteiger partial charge is 0.291 e. The van der Waals surface area contributed by atoms with Crippen molar-refractivity contribution in [3.05, 3.63) is 63.1 Å². The Morgan fingerprint density at radius 1 is 1.03 bits per heavy atom. The van der Waals surface area contributed by atoms with E-state index in [0.29, 0.717) is 10.0 Å². The maximum atomic E-state index is 13.1. The highest BCUT2D eigenvalue weighted by molar-refractivity contribution is 7.99. The predicted molar refractivity (Wildman–Crippen MR) is 129 cm³/mol. The van der Waals surface area contributed by atoms with Crippen molar-refractivity contribution >= 4 is 62.5 Å². The van der Waals surface area contributed by atoms with Crippen LogP contribution in [0, 0.1) is 11.8 Å². The number of carbonyl (C=O) groups is 1. The summed E-state index contributed by atoms with van der Waals surface area (Å²) in [4.78, 5) is 17.5. The fourth-order valence-electron chi connectivity index (χ4n) is 4.26. The summed E-state index contributed by atoms with van der Waals surface area (Å²) in [6.07, 6.45) is 1.84. The zero-order chi connectivity index (χ0) is 22.9. The Bertz CT molecular complexity index is 1090. The van der Waals surface area contributed by atoms with E-state index in [1.807, 2.05) is 24.3 Å². The Hall–Kier alpha value is -1.00. The number of fused-ring (bicyclic) bond motifs is 3. The Morgan fingerprint density at radius 2 is 1.69 bits per heavy atom. The van der Waals surface area contributed by atoms with Crippen LogP contribution in [0.3, 0.4) is 0 Å². The number of thioether (sulfide) groups is 1. The summed E-state index contributed by atoms with van der Waals surface area (Å²) in [5.74, 6) is 0.298. The standard InChI is InChI=1S/C21H22Cl3N3O3S2/c22-15-3-1-13(2-4-15)12-31-21-19(14-7-9-27(21)10-8-14)20(28)25-26-32(29,30)18-6-5-16(23)11-17(18)24/h1-6,11,14,19,21,26H,7-10,12H2,(H,25,28)/t19-,21-/m1/s1. The molecule has 3 aliphatic rings. The number of rotatable bonds is 7. The average Bonchev–Trinajstić information content (AvgIpc) is 2.77. The lowest BCUT2D eigenvalue weighted by molar-refractivity contribution is -0.132. The minimum atomic E-state index is -4.04. The highest BCUT2D eigenvalue weighted by Crippen LogP contribution is 2.42. The Balaban J connectivity index is 1.44. The first-order valence-electron chi connectivity index (χ1n) is 10.1. The van der Waals surface area contributed by atoms with Gasteiger partial charge in [-0.15, -0.1) is 16.6 Å². The van der Waals surface area contributed by atoms with Crippen LogP contribution < -0.4 is 10.3 Å². The van der Waals surface area contributed by atoms with Crippen molar-refractivity contribution in [1.82, 2.24) is 15.2 Å². The molecule has 11 heteroatoms. The first-order chi connectivity index (χ1) is 15.2. The van der Waals surface area contributed by atoms with Crippen LogP contribution in [0.15, 0.2) is 47.4 Å². The minimum absolute atomic E-state index is 0.0153. The van der Waals surface area contributed by atoms with Crippen molar-refractivity contribution in [1.29, 1.82) is 0 Å². The number of sulfonamides is 1. The van der Waals surface area contributed by atoms with Gasteiger partial charge in [0.1, 0.15) is 4.90 Å². The van der Waals surface area contributed by atoms with Crippen LogP contribution in [-0.4, -0.2) is 37.7 Å². The first-order valence-corrected chi connectivity index (χ1v) is 13.8. The van der Waals surface area contributed by atoms with Gasteiger partial charge in [0, 0.05) is 15.8 Å². The van der Waals surface area contributed by atoms with Gasteiger partial charge in [-0.3, -0.25) is 15.1 Å². The van der Waals surface area contributed by atoms with Crippen LogP contribution in [-0.2, 0) is 20.6 Å². The van der Waals surface area contributed by atoms with Gasteiger partial charge < -0.3 is 0 Å². The normalized spacial score (nSPS) is 25.0. The summed E-state index contributed by atoms with van der Waals surface area (Å²) in [6.45, 7) is 1.89. The smallest absolute Gasteiger partial charge is 0.258 e. The molecule has 0 unspecified atom stereocenters. The molecule has 0 spiro atoms. The van der Waals surface area contributed by atoms with Crippen LogP contribution in [0.1, 0.15) is 18.4 Å². The van der Waals surface area contributed by atoms with E-state index < -0.39 is 10.0 Å². The fourth-order valence-corrected chi connectivity index (χ4v) is 7.53. The molecule has 5 rings (SSSR count). The van der Waals surface area contributed by atoms with Gasteiger partial charge >= 0.3 is 0 Å². The molecular weight excluding hydrogens is 513 g/mol. The number of halogens is 3. The van der Waals surface area contributed by atoms with Gasteiger partial charge in [0.2, 0.25) is 5.91 Å². The second-order valence-electron chi connectivity index (χ2n) is 7.90. The minimum Gasteiger partial charge on any atom is -0.291 e. The van der Waals surface area contributed by atoms with Gasteiger partial charge in [0.05, 0.1) is 16.3 Å². The third kappa shape index (κ3) is 5.38. The SMILES string of the molecule is O=C(NNS(=O)(=O)c1ccc(Cl)cc1Cl)[C@H]1C2CCN(CC2)[C@@H]1SCc1ccc(Cl)cc1. The van der Waals surface area contributed by atoms with Crippen molar-refractivity contribution in [2.45, 2.75) is 28.9 Å². The molecule has 6 nitrogen and oxygen atoms in total. The molecule has 32 heavy (non-hydrogen) atoms. The van der Waals surface area contributed by atoms with Gasteiger partial charge in [-0.1, -0.05) is 46.9 Å². The summed E-state index contributed by atoms with van der Waals surface area (Å²) < 4.78 is 25.3. The lowest BCUT2D eigenvalue weighted by Crippen LogP contribution is -2.59. The second kappa shape index (κ2) is 10.1. The van der Waals surface area contributed by atoms with Gasteiger partial charge in [-0.25, -0.2) is 8.42 Å². The van der Waals surface area contributed by atoms with Gasteiger partial charge in [0.25, 0.3) is 10.0 Å². The summed E-state index contributed by atoms with van der Waals surface area (Å²) in [7, 11) is -4.04. The molecule has 0 saturated carbocycles. The lowest BCUT2D eigenvalue weighted by atomic mass is 9.78. The highest BCUT2D eigenvalue weighted by atomic mass is 35.5. The Morgan fingerprint density at radius 3 is 2.34 bits per heavy atom. The maximum absolute atomic E-state index is 13.1. The Kier molecular flexibility index (Phi) is 7.61. The second-order valence-corrected chi connectivity index (χ2v) is 11.9. The van der Waals surface area contributed by atoms with E-state index in [1.165, 1.54) is 18.2 Å². The molecule has 3 heterocycles. The molecule has 3 saturated heterocycles. The van der Waals surface area contributed by atoms with Crippen molar-refractivity contribution < 1.29 is 13.2 Å². The number of hydrogen-bond donors (Lipinski definition) is 2. The number of nitrogens with one attached hydrogen (secondary N) is 2. The third-order valence-electron chi connectivity index (χ3n) is 5.88. The molecule has 0 aromatic heterocycles. The maximum Gasteiger partial charge on any atom is 0.258 e. The summed E-state index contributed by atoms with van der Waals surface area (Å²) >= 11 is 19.5. The van der Waals surface area contributed by atoms with Crippen molar-refractivity contribution in [2.24, 2.45) is 11.8 Å². The monoisotopic (exact) mass is 533 g/mol. The van der Waals surface area contributed by atoms with Crippen LogP contribution in [0.25, 0.3) is 0 Å². The van der Waals surface area contributed by atoms with Crippen molar-refractivity contribution in [2.75, 3.05) is 13.1 Å². The molecule has 2 N–H and O–H groups in total. The molecule has 0 aliphatic carbocycles. The molecule has 2 atom stereocenters. The average molecular weight is 535 g/mol. The molecule has 1 amide bonds. The summed E-state index contributed by atoms with van der Waals surface area (Å²) in [5, 5.41) is 0.968.